The molecule has 0 aliphatic heterocycles. The first-order chi connectivity index (χ1) is 12.4. The highest BCUT2D eigenvalue weighted by Crippen LogP contribution is 2.18. The Bertz CT molecular complexity index is 836. The molecule has 2 aromatic rings. The summed E-state index contributed by atoms with van der Waals surface area (Å²) in [6.45, 7) is 2.27. The summed E-state index contributed by atoms with van der Waals surface area (Å²) in [4.78, 5) is 11.2. The van der Waals surface area contributed by atoms with Crippen LogP contribution in [0, 0.1) is 0 Å². The summed E-state index contributed by atoms with van der Waals surface area (Å²) < 4.78 is 33.5. The van der Waals surface area contributed by atoms with Crippen LogP contribution in [0.1, 0.15) is 25.8 Å². The van der Waals surface area contributed by atoms with E-state index < -0.39 is 16.1 Å². The van der Waals surface area contributed by atoms with Crippen molar-refractivity contribution in [3.05, 3.63) is 41.7 Å². The molecule has 26 heavy (non-hydrogen) atoms. The number of aromatic nitrogens is 2. The molecule has 0 aliphatic rings. The van der Waals surface area contributed by atoms with Gasteiger partial charge in [-0.05, 0) is 37.1 Å². The van der Waals surface area contributed by atoms with Gasteiger partial charge in [-0.2, -0.15) is 5.10 Å². The summed E-state index contributed by atoms with van der Waals surface area (Å²) in [5.41, 5.74) is 0.442. The zero-order valence-electron chi connectivity index (χ0n) is 14.5. The van der Waals surface area contributed by atoms with Gasteiger partial charge in [0.15, 0.2) is 0 Å². The van der Waals surface area contributed by atoms with Gasteiger partial charge in [0.25, 0.3) is 0 Å². The lowest BCUT2D eigenvalue weighted by atomic mass is 10.1. The quantitative estimate of drug-likeness (QED) is 0.709. The van der Waals surface area contributed by atoms with Crippen LogP contribution in [0.5, 0.6) is 0 Å². The molecule has 2 rings (SSSR count). The van der Waals surface area contributed by atoms with Gasteiger partial charge >= 0.3 is 6.09 Å². The Morgan fingerprint density at radius 2 is 2.04 bits per heavy atom. The van der Waals surface area contributed by atoms with Crippen LogP contribution < -0.4 is 10.0 Å². The molecule has 0 bridgehead atoms. The largest absolute Gasteiger partial charge is 0.453 e. The smallest absolute Gasteiger partial charge is 0.411 e. The average Bonchev–Trinajstić information content (AvgIpc) is 3.05. The van der Waals surface area contributed by atoms with Gasteiger partial charge in [0, 0.05) is 18.4 Å². The lowest BCUT2D eigenvalue weighted by Crippen LogP contribution is -2.27. The number of hydrogen-bond donors (Lipinski definition) is 2. The average molecular weight is 401 g/mol. The normalized spacial score (nSPS) is 12.6. The number of nitrogens with one attached hydrogen (secondary N) is 2. The van der Waals surface area contributed by atoms with Crippen molar-refractivity contribution in [3.8, 4) is 0 Å². The molecule has 10 heteroatoms. The zero-order valence-corrected chi connectivity index (χ0v) is 16.0. The fourth-order valence-electron chi connectivity index (χ4n) is 2.37. The van der Waals surface area contributed by atoms with E-state index in [-0.39, 0.29) is 17.5 Å². The van der Waals surface area contributed by atoms with Crippen molar-refractivity contribution in [2.24, 2.45) is 0 Å². The van der Waals surface area contributed by atoms with Gasteiger partial charge in [-0.25, -0.2) is 17.9 Å². The van der Waals surface area contributed by atoms with E-state index >= 15 is 0 Å². The van der Waals surface area contributed by atoms with Gasteiger partial charge in [0.1, 0.15) is 0 Å². The van der Waals surface area contributed by atoms with Crippen molar-refractivity contribution in [1.29, 1.82) is 0 Å². The fraction of sp³-hybridized carbons (Fsp3) is 0.375. The third-order valence-electron chi connectivity index (χ3n) is 3.78. The summed E-state index contributed by atoms with van der Waals surface area (Å²) in [6, 6.07) is 5.87. The van der Waals surface area contributed by atoms with Crippen molar-refractivity contribution in [2.45, 2.75) is 30.7 Å². The number of methoxy groups -OCH3 is 1. The molecule has 0 aliphatic carbocycles. The van der Waals surface area contributed by atoms with Gasteiger partial charge in [-0.15, -0.1) is 0 Å². The summed E-state index contributed by atoms with van der Waals surface area (Å²) >= 11 is 5.87. The number of anilines is 1. The van der Waals surface area contributed by atoms with E-state index in [9.17, 15) is 13.2 Å². The van der Waals surface area contributed by atoms with Crippen molar-refractivity contribution < 1.29 is 17.9 Å². The molecule has 8 nitrogen and oxygen atoms in total. The second kappa shape index (κ2) is 9.02. The van der Waals surface area contributed by atoms with Crippen LogP contribution in [-0.2, 0) is 14.8 Å². The van der Waals surface area contributed by atoms with Crippen molar-refractivity contribution in [3.63, 3.8) is 0 Å². The molecule has 0 unspecified atom stereocenters. The molecule has 0 spiro atoms. The molecule has 1 aromatic carbocycles. The predicted octanol–water partition coefficient (Wildman–Crippen LogP) is 3.03. The number of carbonyl (C=O) groups is 1. The van der Waals surface area contributed by atoms with Crippen LogP contribution in [0.4, 0.5) is 10.5 Å². The number of rotatable bonds is 8. The minimum Gasteiger partial charge on any atom is -0.453 e. The highest BCUT2D eigenvalue weighted by Gasteiger charge is 2.16. The Hall–Kier alpha value is -2.10. The number of benzene rings is 1. The first-order valence-corrected chi connectivity index (χ1v) is 9.86. The standard InChI is InChI=1S/C16H21ClN4O4S/c1-3-14(21-11-12(17)10-18-21)8-9-19-26(23,24)15-6-4-13(5-7-15)20-16(22)25-2/h4-7,10-11,14,19H,3,8-9H2,1-2H3,(H,20,22)/t14-/m1/s1. The van der Waals surface area contributed by atoms with E-state index in [0.29, 0.717) is 17.1 Å². The SMILES string of the molecule is CC[C@H](CCNS(=O)(=O)c1ccc(NC(=O)OC)cc1)n1cc(Cl)cn1. The number of halogens is 1. The molecule has 1 amide bonds. The van der Waals surface area contributed by atoms with Gasteiger partial charge in [0.05, 0.1) is 29.3 Å². The minimum absolute atomic E-state index is 0.0526. The maximum Gasteiger partial charge on any atom is 0.411 e. The van der Waals surface area contributed by atoms with Crippen molar-refractivity contribution >= 4 is 33.4 Å². The van der Waals surface area contributed by atoms with E-state index in [1.54, 1.807) is 17.1 Å². The molecule has 0 saturated carbocycles. The molecule has 1 atom stereocenters. The molecular formula is C16H21ClN4O4S. The fourth-order valence-corrected chi connectivity index (χ4v) is 3.56. The number of nitrogens with zero attached hydrogens (tertiary/aromatic N) is 2. The third-order valence-corrected chi connectivity index (χ3v) is 5.45. The summed E-state index contributed by atoms with van der Waals surface area (Å²) in [6.07, 6.45) is 4.03. The molecule has 2 N–H and O–H groups in total. The van der Waals surface area contributed by atoms with Crippen LogP contribution in [0.25, 0.3) is 0 Å². The monoisotopic (exact) mass is 400 g/mol. The van der Waals surface area contributed by atoms with Crippen LogP contribution >= 0.6 is 11.6 Å². The second-order valence-electron chi connectivity index (χ2n) is 5.53. The Morgan fingerprint density at radius 1 is 1.35 bits per heavy atom. The Labute approximate surface area is 157 Å². The second-order valence-corrected chi connectivity index (χ2v) is 7.73. The van der Waals surface area contributed by atoms with Crippen LogP contribution in [0.2, 0.25) is 5.02 Å². The predicted molar refractivity (Wildman–Crippen MR) is 98.8 cm³/mol. The molecule has 0 saturated heterocycles. The van der Waals surface area contributed by atoms with E-state index in [4.69, 9.17) is 11.6 Å². The van der Waals surface area contributed by atoms with E-state index in [1.165, 1.54) is 31.4 Å². The summed E-state index contributed by atoms with van der Waals surface area (Å²) in [5, 5.41) is 7.17. The highest BCUT2D eigenvalue weighted by molar-refractivity contribution is 7.89. The number of ether oxygens (including phenoxy) is 1. The summed E-state index contributed by atoms with van der Waals surface area (Å²) in [7, 11) is -2.39. The first kappa shape index (κ1) is 20.2. The van der Waals surface area contributed by atoms with Crippen LogP contribution in [0.15, 0.2) is 41.6 Å². The molecule has 1 aromatic heterocycles. The van der Waals surface area contributed by atoms with Crippen molar-refractivity contribution in [2.75, 3.05) is 19.0 Å². The highest BCUT2D eigenvalue weighted by atomic mass is 35.5. The van der Waals surface area contributed by atoms with E-state index in [0.717, 1.165) is 6.42 Å². The van der Waals surface area contributed by atoms with E-state index in [2.05, 4.69) is 19.9 Å². The minimum atomic E-state index is -3.64. The van der Waals surface area contributed by atoms with Gasteiger partial charge in [-0.1, -0.05) is 18.5 Å². The Balaban J connectivity index is 1.94. The maximum absolute atomic E-state index is 12.4. The molecule has 0 fully saturated rings. The van der Waals surface area contributed by atoms with Gasteiger partial charge in [-0.3, -0.25) is 10.00 Å². The van der Waals surface area contributed by atoms with Gasteiger partial charge < -0.3 is 4.74 Å². The molecular weight excluding hydrogens is 380 g/mol. The lowest BCUT2D eigenvalue weighted by molar-refractivity contribution is 0.187. The molecule has 142 valence electrons. The number of sulfonamides is 1. The Morgan fingerprint density at radius 3 is 2.58 bits per heavy atom. The number of amides is 1. The number of carbonyl (C=O) groups excluding carboxylic acids is 1. The lowest BCUT2D eigenvalue weighted by Gasteiger charge is -2.16. The van der Waals surface area contributed by atoms with Crippen molar-refractivity contribution in [1.82, 2.24) is 14.5 Å². The van der Waals surface area contributed by atoms with E-state index in [1.807, 2.05) is 6.92 Å². The molecule has 1 heterocycles. The topological polar surface area (TPSA) is 102 Å². The third kappa shape index (κ3) is 5.45. The first-order valence-electron chi connectivity index (χ1n) is 8.00. The Kier molecular flexibility index (Phi) is 7.01. The van der Waals surface area contributed by atoms with Crippen LogP contribution in [-0.4, -0.2) is 37.9 Å². The summed E-state index contributed by atoms with van der Waals surface area (Å²) in [5.74, 6) is 0. The number of hydrogen-bond acceptors (Lipinski definition) is 5. The van der Waals surface area contributed by atoms with Crippen LogP contribution in [0.3, 0.4) is 0 Å². The maximum atomic E-state index is 12.4. The molecule has 0 radical (unpaired) electrons. The van der Waals surface area contributed by atoms with Gasteiger partial charge in [0.2, 0.25) is 10.0 Å². The zero-order chi connectivity index (χ0) is 19.2.